The first-order chi connectivity index (χ1) is 7.60. The summed E-state index contributed by atoms with van der Waals surface area (Å²) < 4.78 is 11.3. The molecule has 0 aromatic heterocycles. The van der Waals surface area contributed by atoms with E-state index in [1.54, 1.807) is 0 Å². The van der Waals surface area contributed by atoms with E-state index >= 15 is 0 Å². The lowest BCUT2D eigenvalue weighted by Gasteiger charge is -2.27. The van der Waals surface area contributed by atoms with Crippen molar-refractivity contribution in [1.82, 2.24) is 0 Å². The molecular weight excluding hydrogens is 279 g/mol. The van der Waals surface area contributed by atoms with Gasteiger partial charge in [0.1, 0.15) is 0 Å². The number of hydrogen-bond acceptors (Lipinski definition) is 2. The van der Waals surface area contributed by atoms with E-state index in [1.807, 2.05) is 0 Å². The van der Waals surface area contributed by atoms with Crippen molar-refractivity contribution in [3.63, 3.8) is 0 Å². The van der Waals surface area contributed by atoms with E-state index < -0.39 is 23.1 Å². The van der Waals surface area contributed by atoms with Crippen molar-refractivity contribution in [2.75, 3.05) is 6.61 Å². The second-order valence-electron chi connectivity index (χ2n) is 3.93. The van der Waals surface area contributed by atoms with Gasteiger partial charge in [-0.25, -0.2) is 0 Å². The summed E-state index contributed by atoms with van der Waals surface area (Å²) in [6.07, 6.45) is 1.08. The fourth-order valence-corrected chi connectivity index (χ4v) is 5.70. The average Bonchev–Trinajstić information content (AvgIpc) is 2.29. The predicted molar refractivity (Wildman–Crippen MR) is 77.7 cm³/mol. The lowest BCUT2D eigenvalue weighted by molar-refractivity contribution is 0.295. The van der Waals surface area contributed by atoms with Crippen LogP contribution < -0.4 is 0 Å². The Morgan fingerprint density at radius 1 is 1.12 bits per heavy atom. The SMILES string of the molecule is CC[Si](CC)(CC)OCCC[SiH2]OC(Cl)Cl. The molecule has 0 radical (unpaired) electrons. The third kappa shape index (κ3) is 7.30. The Labute approximate surface area is 113 Å². The van der Waals surface area contributed by atoms with Gasteiger partial charge in [-0.15, -0.1) is 0 Å². The van der Waals surface area contributed by atoms with Crippen LogP contribution in [-0.4, -0.2) is 29.7 Å². The first kappa shape index (κ1) is 16.9. The number of halogens is 2. The summed E-state index contributed by atoms with van der Waals surface area (Å²) >= 11 is 11.0. The average molecular weight is 303 g/mol. The molecular formula is C10H24Cl2O2Si2. The standard InChI is InChI=1S/C10H24Cl2O2Si2/c1-4-16(5-2,6-3)13-8-7-9-15-14-10(11)12/h10H,4-9,15H2,1-3H3. The summed E-state index contributed by atoms with van der Waals surface area (Å²) in [5.41, 5.74) is 0. The molecule has 2 nitrogen and oxygen atoms in total. The Morgan fingerprint density at radius 2 is 1.69 bits per heavy atom. The molecule has 0 bridgehead atoms. The Morgan fingerprint density at radius 3 is 2.12 bits per heavy atom. The molecule has 0 heterocycles. The summed E-state index contributed by atoms with van der Waals surface area (Å²) in [4.78, 5) is 0. The minimum absolute atomic E-state index is 0.548. The van der Waals surface area contributed by atoms with Gasteiger partial charge in [0.05, 0.1) is 0 Å². The molecule has 0 saturated carbocycles. The van der Waals surface area contributed by atoms with E-state index in [4.69, 9.17) is 32.1 Å². The third-order valence-corrected chi connectivity index (χ3v) is 9.84. The Balaban J connectivity index is 3.55. The van der Waals surface area contributed by atoms with Gasteiger partial charge < -0.3 is 8.85 Å². The molecule has 0 atom stereocenters. The summed E-state index contributed by atoms with van der Waals surface area (Å²) in [6.45, 7) is 7.64. The molecule has 0 amide bonds. The van der Waals surface area contributed by atoms with Crippen LogP contribution >= 0.6 is 23.2 Å². The zero-order valence-electron chi connectivity index (χ0n) is 10.6. The Hall–Kier alpha value is 0.934. The third-order valence-electron chi connectivity index (χ3n) is 3.12. The van der Waals surface area contributed by atoms with Crippen molar-refractivity contribution >= 4 is 41.3 Å². The molecule has 0 aliphatic heterocycles. The molecule has 0 aromatic rings. The van der Waals surface area contributed by atoms with Crippen LogP contribution in [0.2, 0.25) is 24.2 Å². The molecule has 0 saturated heterocycles. The fraction of sp³-hybridized carbons (Fsp3) is 1.00. The lowest BCUT2D eigenvalue weighted by Crippen LogP contribution is -2.36. The molecule has 0 aliphatic carbocycles. The normalized spacial score (nSPS) is 13.1. The van der Waals surface area contributed by atoms with E-state index in [1.165, 1.54) is 18.1 Å². The molecule has 0 aliphatic rings. The highest BCUT2D eigenvalue weighted by molar-refractivity contribution is 6.73. The molecule has 98 valence electrons. The van der Waals surface area contributed by atoms with Crippen molar-refractivity contribution in [3.8, 4) is 0 Å². The van der Waals surface area contributed by atoms with E-state index in [2.05, 4.69) is 20.8 Å². The van der Waals surface area contributed by atoms with Gasteiger partial charge in [0.25, 0.3) is 0 Å². The Kier molecular flexibility index (Phi) is 10.5. The van der Waals surface area contributed by atoms with E-state index in [0.717, 1.165) is 19.1 Å². The largest absolute Gasteiger partial charge is 0.417 e. The molecule has 0 fully saturated rings. The van der Waals surface area contributed by atoms with Crippen molar-refractivity contribution in [2.45, 2.75) is 56.4 Å². The lowest BCUT2D eigenvalue weighted by atomic mass is 10.5. The molecule has 0 N–H and O–H groups in total. The summed E-state index contributed by atoms with van der Waals surface area (Å²) in [7, 11) is -1.92. The zero-order valence-corrected chi connectivity index (χ0v) is 14.5. The minimum Gasteiger partial charge on any atom is -0.417 e. The van der Waals surface area contributed by atoms with Crippen LogP contribution in [-0.2, 0) is 8.85 Å². The van der Waals surface area contributed by atoms with Gasteiger partial charge in [0, 0.05) is 6.61 Å². The highest BCUT2D eigenvalue weighted by Gasteiger charge is 2.28. The van der Waals surface area contributed by atoms with Gasteiger partial charge in [-0.3, -0.25) is 0 Å². The highest BCUT2D eigenvalue weighted by Crippen LogP contribution is 2.21. The monoisotopic (exact) mass is 302 g/mol. The van der Waals surface area contributed by atoms with Gasteiger partial charge in [-0.05, 0) is 30.6 Å². The quantitative estimate of drug-likeness (QED) is 0.348. The van der Waals surface area contributed by atoms with E-state index in [-0.39, 0.29) is 0 Å². The second kappa shape index (κ2) is 9.91. The summed E-state index contributed by atoms with van der Waals surface area (Å²) in [6, 6.07) is 4.76. The smallest absolute Gasteiger partial charge is 0.197 e. The van der Waals surface area contributed by atoms with Gasteiger partial charge in [-0.2, -0.15) is 0 Å². The zero-order chi connectivity index (χ0) is 12.4. The Bertz CT molecular complexity index is 159. The van der Waals surface area contributed by atoms with Crippen LogP contribution in [0.5, 0.6) is 0 Å². The number of rotatable bonds is 10. The van der Waals surface area contributed by atoms with Crippen molar-refractivity contribution < 1.29 is 8.85 Å². The van der Waals surface area contributed by atoms with Gasteiger partial charge in [0.2, 0.25) is 0 Å². The van der Waals surface area contributed by atoms with Crippen molar-refractivity contribution in [1.29, 1.82) is 0 Å². The van der Waals surface area contributed by atoms with Crippen LogP contribution in [0.4, 0.5) is 0 Å². The van der Waals surface area contributed by atoms with Crippen LogP contribution in [0.1, 0.15) is 27.2 Å². The van der Waals surface area contributed by atoms with Crippen LogP contribution in [0, 0.1) is 0 Å². The molecule has 16 heavy (non-hydrogen) atoms. The van der Waals surface area contributed by atoms with Gasteiger partial charge in [-0.1, -0.05) is 44.0 Å². The maximum atomic E-state index is 6.12. The number of hydrogen-bond donors (Lipinski definition) is 0. The van der Waals surface area contributed by atoms with Crippen molar-refractivity contribution in [2.24, 2.45) is 0 Å². The number of alkyl halides is 2. The van der Waals surface area contributed by atoms with Gasteiger partial charge in [0.15, 0.2) is 23.1 Å². The molecule has 0 rings (SSSR count). The predicted octanol–water partition coefficient (Wildman–Crippen LogP) is 3.68. The van der Waals surface area contributed by atoms with Crippen molar-refractivity contribution in [3.05, 3.63) is 0 Å². The first-order valence-electron chi connectivity index (χ1n) is 6.14. The van der Waals surface area contributed by atoms with Gasteiger partial charge >= 0.3 is 0 Å². The molecule has 0 unspecified atom stereocenters. The molecule has 6 heteroatoms. The molecule has 0 aromatic carbocycles. The van der Waals surface area contributed by atoms with Crippen LogP contribution in [0.25, 0.3) is 0 Å². The van der Waals surface area contributed by atoms with E-state index in [9.17, 15) is 0 Å². The maximum absolute atomic E-state index is 6.12. The highest BCUT2D eigenvalue weighted by atomic mass is 35.5. The second-order valence-corrected chi connectivity index (χ2v) is 11.2. The minimum atomic E-state index is -1.38. The summed E-state index contributed by atoms with van der Waals surface area (Å²) in [5.74, 6) is 0. The topological polar surface area (TPSA) is 18.5 Å². The summed E-state index contributed by atoms with van der Waals surface area (Å²) in [5, 5.41) is -0.636. The fourth-order valence-electron chi connectivity index (χ4n) is 1.72. The van der Waals surface area contributed by atoms with E-state index in [0.29, 0.717) is 0 Å². The first-order valence-corrected chi connectivity index (χ1v) is 11.1. The maximum Gasteiger partial charge on any atom is 0.197 e. The van der Waals surface area contributed by atoms with Crippen LogP contribution in [0.15, 0.2) is 0 Å². The molecule has 0 spiro atoms. The van der Waals surface area contributed by atoms with Crippen LogP contribution in [0.3, 0.4) is 0 Å².